The summed E-state index contributed by atoms with van der Waals surface area (Å²) in [5, 5.41) is 10.9. The topological polar surface area (TPSA) is 135 Å². The molecule has 0 saturated heterocycles. The molecule has 0 aliphatic heterocycles. The first kappa shape index (κ1) is 33.1. The molecule has 44 heavy (non-hydrogen) atoms. The van der Waals surface area contributed by atoms with Gasteiger partial charge in [0.1, 0.15) is 22.9 Å². The van der Waals surface area contributed by atoms with Gasteiger partial charge in [0, 0.05) is 24.2 Å². The van der Waals surface area contributed by atoms with Crippen LogP contribution in [0, 0.1) is 0 Å². The standard InChI is InChI=1S/C34H38N4O6/c1-5-19-35-33(41)29(21-23-7-15-27(43-3)16-8-23)37-31(39)25-11-13-26(14-12-25)32(40)38-30(34(42)36-20-6-2)22-24-9-17-28(44-4)18-10-24/h7-18,21-22H,5-6,19-20H2,1-4H3,(H,35,41)(H,36,42)(H,37,39)(H,38,40)/b29-21+,30-22+. The van der Waals surface area contributed by atoms with Crippen molar-refractivity contribution in [3.63, 3.8) is 0 Å². The number of carbonyl (C=O) groups excluding carboxylic acids is 4. The molecule has 3 aromatic rings. The quantitative estimate of drug-likeness (QED) is 0.205. The fourth-order valence-corrected chi connectivity index (χ4v) is 3.88. The molecule has 4 amide bonds. The Morgan fingerprint density at radius 2 is 0.909 bits per heavy atom. The Balaban J connectivity index is 1.77. The average Bonchev–Trinajstić information content (AvgIpc) is 3.06. The van der Waals surface area contributed by atoms with Crippen molar-refractivity contribution in [2.75, 3.05) is 27.3 Å². The van der Waals surface area contributed by atoms with E-state index in [9.17, 15) is 19.2 Å². The van der Waals surface area contributed by atoms with E-state index in [1.807, 2.05) is 13.8 Å². The Morgan fingerprint density at radius 1 is 0.568 bits per heavy atom. The first-order chi connectivity index (χ1) is 21.3. The third kappa shape index (κ3) is 9.87. The minimum atomic E-state index is -0.526. The number of rotatable bonds is 14. The first-order valence-corrected chi connectivity index (χ1v) is 14.3. The van der Waals surface area contributed by atoms with E-state index in [2.05, 4.69) is 21.3 Å². The monoisotopic (exact) mass is 598 g/mol. The lowest BCUT2D eigenvalue weighted by atomic mass is 10.1. The Hall–Kier alpha value is -5.38. The third-order valence-electron chi connectivity index (χ3n) is 6.32. The van der Waals surface area contributed by atoms with Crippen molar-refractivity contribution in [1.29, 1.82) is 0 Å². The molecule has 0 atom stereocenters. The molecule has 0 unspecified atom stereocenters. The molecule has 0 radical (unpaired) electrons. The molecule has 0 aromatic heterocycles. The van der Waals surface area contributed by atoms with Crippen molar-refractivity contribution in [3.05, 3.63) is 106 Å². The highest BCUT2D eigenvalue weighted by Gasteiger charge is 2.17. The van der Waals surface area contributed by atoms with E-state index in [1.54, 1.807) is 74.9 Å². The van der Waals surface area contributed by atoms with E-state index in [1.165, 1.54) is 24.3 Å². The summed E-state index contributed by atoms with van der Waals surface area (Å²) in [6.45, 7) is 4.76. The molecule has 0 saturated carbocycles. The molecule has 10 heteroatoms. The smallest absolute Gasteiger partial charge is 0.267 e. The molecule has 0 bridgehead atoms. The van der Waals surface area contributed by atoms with Crippen LogP contribution < -0.4 is 30.7 Å². The molecule has 0 aliphatic rings. The summed E-state index contributed by atoms with van der Waals surface area (Å²) in [5.74, 6) is -0.576. The zero-order chi connectivity index (χ0) is 31.9. The summed E-state index contributed by atoms with van der Waals surface area (Å²) in [5.41, 5.74) is 2.01. The summed E-state index contributed by atoms with van der Waals surface area (Å²) < 4.78 is 10.4. The zero-order valence-corrected chi connectivity index (χ0v) is 25.4. The predicted molar refractivity (Wildman–Crippen MR) is 170 cm³/mol. The van der Waals surface area contributed by atoms with Gasteiger partial charge in [0.15, 0.2) is 0 Å². The van der Waals surface area contributed by atoms with Gasteiger partial charge in [-0.05, 0) is 84.7 Å². The molecule has 10 nitrogen and oxygen atoms in total. The second kappa shape index (κ2) is 16.9. The van der Waals surface area contributed by atoms with Crippen LogP contribution in [0.4, 0.5) is 0 Å². The Bertz CT molecular complexity index is 1380. The lowest BCUT2D eigenvalue weighted by Crippen LogP contribution is -2.35. The average molecular weight is 599 g/mol. The van der Waals surface area contributed by atoms with E-state index >= 15 is 0 Å². The van der Waals surface area contributed by atoms with Crippen LogP contribution in [0.25, 0.3) is 12.2 Å². The van der Waals surface area contributed by atoms with E-state index in [4.69, 9.17) is 9.47 Å². The van der Waals surface area contributed by atoms with Crippen LogP contribution in [-0.4, -0.2) is 50.9 Å². The van der Waals surface area contributed by atoms with Crippen LogP contribution in [0.15, 0.2) is 84.2 Å². The van der Waals surface area contributed by atoms with Crippen LogP contribution in [0.5, 0.6) is 11.5 Å². The van der Waals surface area contributed by atoms with Crippen molar-refractivity contribution in [1.82, 2.24) is 21.3 Å². The summed E-state index contributed by atoms with van der Waals surface area (Å²) in [6.07, 6.45) is 4.61. The highest BCUT2D eigenvalue weighted by Crippen LogP contribution is 2.16. The van der Waals surface area contributed by atoms with Crippen LogP contribution in [0.2, 0.25) is 0 Å². The molecule has 0 spiro atoms. The SMILES string of the molecule is CCCNC(=O)/C(=C\c1ccc(OC)cc1)NC(=O)c1ccc(C(=O)N/C(=C/c2ccc(OC)cc2)C(=O)NCCC)cc1. The highest BCUT2D eigenvalue weighted by molar-refractivity contribution is 6.07. The van der Waals surface area contributed by atoms with Crippen LogP contribution >= 0.6 is 0 Å². The number of amides is 4. The second-order valence-electron chi connectivity index (χ2n) is 9.66. The number of ether oxygens (including phenoxy) is 2. The van der Waals surface area contributed by atoms with Crippen LogP contribution in [-0.2, 0) is 9.59 Å². The van der Waals surface area contributed by atoms with Crippen LogP contribution in [0.3, 0.4) is 0 Å². The Morgan fingerprint density at radius 3 is 1.20 bits per heavy atom. The summed E-state index contributed by atoms with van der Waals surface area (Å²) in [7, 11) is 3.12. The minimum Gasteiger partial charge on any atom is -0.497 e. The fourth-order valence-electron chi connectivity index (χ4n) is 3.88. The predicted octanol–water partition coefficient (Wildman–Crippen LogP) is 4.30. The molecule has 0 heterocycles. The molecule has 3 rings (SSSR count). The van der Waals surface area contributed by atoms with Gasteiger partial charge in [0.2, 0.25) is 0 Å². The van der Waals surface area contributed by atoms with Gasteiger partial charge in [-0.1, -0.05) is 38.1 Å². The number of hydrogen-bond donors (Lipinski definition) is 4. The number of benzene rings is 3. The summed E-state index contributed by atoms with van der Waals surface area (Å²) >= 11 is 0. The Labute approximate surface area is 257 Å². The van der Waals surface area contributed by atoms with Gasteiger partial charge in [-0.15, -0.1) is 0 Å². The minimum absolute atomic E-state index is 0.0711. The maximum atomic E-state index is 13.1. The van der Waals surface area contributed by atoms with Crippen molar-refractivity contribution in [3.8, 4) is 11.5 Å². The first-order valence-electron chi connectivity index (χ1n) is 14.3. The van der Waals surface area contributed by atoms with Gasteiger partial charge in [0.05, 0.1) is 14.2 Å². The van der Waals surface area contributed by atoms with E-state index in [0.717, 1.165) is 12.8 Å². The van der Waals surface area contributed by atoms with Crippen LogP contribution in [0.1, 0.15) is 58.5 Å². The lowest BCUT2D eigenvalue weighted by Gasteiger charge is -2.12. The number of methoxy groups -OCH3 is 2. The third-order valence-corrected chi connectivity index (χ3v) is 6.32. The molecular weight excluding hydrogens is 560 g/mol. The van der Waals surface area contributed by atoms with Gasteiger partial charge in [-0.25, -0.2) is 0 Å². The largest absolute Gasteiger partial charge is 0.497 e. The van der Waals surface area contributed by atoms with Crippen molar-refractivity contribution >= 4 is 35.8 Å². The van der Waals surface area contributed by atoms with E-state index in [0.29, 0.717) is 35.7 Å². The van der Waals surface area contributed by atoms with Crippen molar-refractivity contribution in [2.45, 2.75) is 26.7 Å². The van der Waals surface area contributed by atoms with Crippen molar-refractivity contribution in [2.24, 2.45) is 0 Å². The lowest BCUT2D eigenvalue weighted by molar-refractivity contribution is -0.118. The van der Waals surface area contributed by atoms with Gasteiger partial charge in [-0.2, -0.15) is 0 Å². The molecular formula is C34H38N4O6. The Kier molecular flexibility index (Phi) is 12.7. The van der Waals surface area contributed by atoms with Gasteiger partial charge in [-0.3, -0.25) is 19.2 Å². The normalized spacial score (nSPS) is 11.3. The maximum Gasteiger partial charge on any atom is 0.267 e. The number of hydrogen-bond acceptors (Lipinski definition) is 6. The molecule has 3 aromatic carbocycles. The molecule has 0 fully saturated rings. The second-order valence-corrected chi connectivity index (χ2v) is 9.66. The van der Waals surface area contributed by atoms with Gasteiger partial charge >= 0.3 is 0 Å². The van der Waals surface area contributed by atoms with E-state index < -0.39 is 23.6 Å². The van der Waals surface area contributed by atoms with Gasteiger partial charge < -0.3 is 30.7 Å². The fraction of sp³-hybridized carbons (Fsp3) is 0.235. The summed E-state index contributed by atoms with van der Waals surface area (Å²) in [4.78, 5) is 51.8. The molecule has 4 N–H and O–H groups in total. The maximum absolute atomic E-state index is 13.1. The zero-order valence-electron chi connectivity index (χ0n) is 25.4. The molecule has 0 aliphatic carbocycles. The van der Waals surface area contributed by atoms with Gasteiger partial charge in [0.25, 0.3) is 23.6 Å². The van der Waals surface area contributed by atoms with Crippen molar-refractivity contribution < 1.29 is 28.7 Å². The highest BCUT2D eigenvalue weighted by atomic mass is 16.5. The van der Waals surface area contributed by atoms with E-state index in [-0.39, 0.29) is 22.5 Å². The molecule has 230 valence electrons. The number of carbonyl (C=O) groups is 4. The summed E-state index contributed by atoms with van der Waals surface area (Å²) in [6, 6.07) is 20.0. The number of nitrogens with one attached hydrogen (secondary N) is 4.